The van der Waals surface area contributed by atoms with Crippen molar-refractivity contribution >= 4 is 50.5 Å². The molecule has 0 saturated heterocycles. The van der Waals surface area contributed by atoms with Crippen molar-refractivity contribution in [3.63, 3.8) is 0 Å². The van der Waals surface area contributed by atoms with Crippen LogP contribution in [0.15, 0.2) is 71.6 Å². The van der Waals surface area contributed by atoms with E-state index in [-0.39, 0.29) is 28.9 Å². The van der Waals surface area contributed by atoms with Gasteiger partial charge < -0.3 is 10.1 Å². The Kier molecular flexibility index (Phi) is 7.43. The number of sulfonamides is 1. The molecule has 0 fully saturated rings. The molecule has 3 aromatic rings. The average molecular weight is 479 g/mol. The minimum atomic E-state index is -3.97. The Hall–Kier alpha value is -2.74. The molecular formula is C22H20Cl2N2O4S. The molecule has 0 bridgehead atoms. The molecule has 0 radical (unpaired) electrons. The molecule has 6 nitrogen and oxygen atoms in total. The average Bonchev–Trinajstić information content (AvgIpc) is 2.72. The number of aryl methyl sites for hydroxylation is 1. The quantitative estimate of drug-likeness (QED) is 0.446. The van der Waals surface area contributed by atoms with Gasteiger partial charge in [0.1, 0.15) is 10.6 Å². The van der Waals surface area contributed by atoms with Gasteiger partial charge in [-0.05, 0) is 61.5 Å². The second-order valence-electron chi connectivity index (χ2n) is 6.72. The molecule has 0 atom stereocenters. The van der Waals surface area contributed by atoms with E-state index < -0.39 is 10.0 Å². The predicted molar refractivity (Wildman–Crippen MR) is 124 cm³/mol. The van der Waals surface area contributed by atoms with Crippen LogP contribution in [0.25, 0.3) is 0 Å². The number of hydrogen-bond donors (Lipinski definition) is 2. The van der Waals surface area contributed by atoms with Gasteiger partial charge in [-0.3, -0.25) is 9.52 Å². The lowest BCUT2D eigenvalue weighted by Crippen LogP contribution is -2.17. The van der Waals surface area contributed by atoms with Crippen molar-refractivity contribution in [2.75, 3.05) is 16.6 Å². The van der Waals surface area contributed by atoms with Crippen LogP contribution in [0.2, 0.25) is 10.0 Å². The maximum atomic E-state index is 12.7. The van der Waals surface area contributed by atoms with Crippen molar-refractivity contribution in [3.05, 3.63) is 82.3 Å². The van der Waals surface area contributed by atoms with Crippen molar-refractivity contribution in [1.82, 2.24) is 0 Å². The lowest BCUT2D eigenvalue weighted by molar-refractivity contribution is -0.116. The van der Waals surface area contributed by atoms with Crippen LogP contribution in [0.5, 0.6) is 5.75 Å². The van der Waals surface area contributed by atoms with Gasteiger partial charge in [-0.1, -0.05) is 40.9 Å². The van der Waals surface area contributed by atoms with E-state index in [1.807, 2.05) is 31.2 Å². The highest BCUT2D eigenvalue weighted by Crippen LogP contribution is 2.27. The van der Waals surface area contributed by atoms with Gasteiger partial charge in [0.2, 0.25) is 5.91 Å². The summed E-state index contributed by atoms with van der Waals surface area (Å²) in [4.78, 5) is 12.1. The summed E-state index contributed by atoms with van der Waals surface area (Å²) in [7, 11) is -3.97. The van der Waals surface area contributed by atoms with E-state index in [9.17, 15) is 13.2 Å². The van der Waals surface area contributed by atoms with E-state index in [4.69, 9.17) is 27.9 Å². The molecule has 162 valence electrons. The first-order chi connectivity index (χ1) is 14.7. The van der Waals surface area contributed by atoms with Crippen LogP contribution in [0.3, 0.4) is 0 Å². The summed E-state index contributed by atoms with van der Waals surface area (Å²) < 4.78 is 33.5. The van der Waals surface area contributed by atoms with Gasteiger partial charge in [0.15, 0.2) is 0 Å². The highest BCUT2D eigenvalue weighted by Gasteiger charge is 2.19. The maximum absolute atomic E-state index is 12.7. The number of benzene rings is 3. The van der Waals surface area contributed by atoms with Crippen LogP contribution in [0.1, 0.15) is 12.0 Å². The second-order valence-corrected chi connectivity index (χ2v) is 9.21. The summed E-state index contributed by atoms with van der Waals surface area (Å²) in [5, 5.41) is 3.17. The Morgan fingerprint density at radius 2 is 1.58 bits per heavy atom. The van der Waals surface area contributed by atoms with Crippen molar-refractivity contribution in [2.45, 2.75) is 18.2 Å². The number of carbonyl (C=O) groups is 1. The largest absolute Gasteiger partial charge is 0.493 e. The van der Waals surface area contributed by atoms with Gasteiger partial charge in [0.05, 0.1) is 18.1 Å². The predicted octanol–water partition coefficient (Wildman–Crippen LogP) is 5.51. The molecule has 3 aromatic carbocycles. The number of anilines is 2. The van der Waals surface area contributed by atoms with Crippen LogP contribution >= 0.6 is 23.2 Å². The number of halogens is 2. The third kappa shape index (κ3) is 6.62. The summed E-state index contributed by atoms with van der Waals surface area (Å²) in [6, 6.07) is 18.0. The van der Waals surface area contributed by atoms with Crippen molar-refractivity contribution in [1.29, 1.82) is 0 Å². The molecule has 0 spiro atoms. The van der Waals surface area contributed by atoms with Crippen LogP contribution < -0.4 is 14.8 Å². The molecule has 0 aromatic heterocycles. The molecule has 2 N–H and O–H groups in total. The number of amides is 1. The first-order valence-corrected chi connectivity index (χ1v) is 11.5. The first kappa shape index (κ1) is 22.9. The first-order valence-electron chi connectivity index (χ1n) is 9.30. The summed E-state index contributed by atoms with van der Waals surface area (Å²) in [5.74, 6) is 0.356. The maximum Gasteiger partial charge on any atom is 0.263 e. The summed E-state index contributed by atoms with van der Waals surface area (Å²) >= 11 is 11.9. The van der Waals surface area contributed by atoms with E-state index in [1.54, 1.807) is 12.1 Å². The van der Waals surface area contributed by atoms with Crippen LogP contribution in [0.4, 0.5) is 11.4 Å². The monoisotopic (exact) mass is 478 g/mol. The van der Waals surface area contributed by atoms with E-state index in [0.717, 1.165) is 5.56 Å². The minimum absolute atomic E-state index is 0.0298. The van der Waals surface area contributed by atoms with Gasteiger partial charge in [-0.2, -0.15) is 0 Å². The van der Waals surface area contributed by atoms with Gasteiger partial charge in [-0.15, -0.1) is 0 Å². The van der Waals surface area contributed by atoms with Crippen molar-refractivity contribution in [3.8, 4) is 5.75 Å². The lowest BCUT2D eigenvalue weighted by atomic mass is 10.2. The van der Waals surface area contributed by atoms with Crippen LogP contribution in [-0.4, -0.2) is 20.9 Å². The standard InChI is InChI=1S/C22H20Cl2N2O4S/c1-15-2-9-19(10-3-15)30-13-12-22(27)25-18-8-11-20(24)21(14-18)31(28,29)26-17-6-4-16(23)5-7-17/h2-11,14,26H,12-13H2,1H3,(H,25,27). The molecule has 31 heavy (non-hydrogen) atoms. The Morgan fingerprint density at radius 1 is 0.935 bits per heavy atom. The summed E-state index contributed by atoms with van der Waals surface area (Å²) in [6.07, 6.45) is 0.0988. The molecule has 1 amide bonds. The SMILES string of the molecule is Cc1ccc(OCCC(=O)Nc2ccc(Cl)c(S(=O)(=O)Nc3ccc(Cl)cc3)c2)cc1. The molecule has 0 unspecified atom stereocenters. The molecule has 0 heterocycles. The highest BCUT2D eigenvalue weighted by atomic mass is 35.5. The number of carbonyl (C=O) groups excluding carboxylic acids is 1. The van der Waals surface area contributed by atoms with Gasteiger partial charge in [-0.25, -0.2) is 8.42 Å². The molecule has 0 aliphatic rings. The normalized spacial score (nSPS) is 11.1. The Morgan fingerprint density at radius 3 is 2.26 bits per heavy atom. The molecule has 0 aliphatic carbocycles. The Labute approximate surface area is 191 Å². The smallest absolute Gasteiger partial charge is 0.263 e. The minimum Gasteiger partial charge on any atom is -0.493 e. The number of ether oxygens (including phenoxy) is 1. The Balaban J connectivity index is 1.63. The molecular weight excluding hydrogens is 459 g/mol. The third-order valence-corrected chi connectivity index (χ3v) is 6.33. The fraction of sp³-hybridized carbons (Fsp3) is 0.136. The van der Waals surface area contributed by atoms with Gasteiger partial charge in [0, 0.05) is 16.4 Å². The zero-order valence-corrected chi connectivity index (χ0v) is 18.9. The summed E-state index contributed by atoms with van der Waals surface area (Å²) in [5.41, 5.74) is 1.76. The fourth-order valence-corrected chi connectivity index (χ4v) is 4.35. The van der Waals surface area contributed by atoms with E-state index in [0.29, 0.717) is 22.1 Å². The van der Waals surface area contributed by atoms with Gasteiger partial charge in [0.25, 0.3) is 10.0 Å². The van der Waals surface area contributed by atoms with Crippen molar-refractivity contribution < 1.29 is 17.9 Å². The molecule has 9 heteroatoms. The van der Waals surface area contributed by atoms with Crippen LogP contribution in [0, 0.1) is 6.92 Å². The summed E-state index contributed by atoms with van der Waals surface area (Å²) in [6.45, 7) is 2.16. The van der Waals surface area contributed by atoms with E-state index >= 15 is 0 Å². The fourth-order valence-electron chi connectivity index (χ4n) is 2.63. The number of nitrogens with one attached hydrogen (secondary N) is 2. The topological polar surface area (TPSA) is 84.5 Å². The number of hydrogen-bond acceptors (Lipinski definition) is 4. The van der Waals surface area contributed by atoms with E-state index in [1.165, 1.54) is 30.3 Å². The second kappa shape index (κ2) is 10.0. The molecule has 0 saturated carbocycles. The molecule has 0 aliphatic heterocycles. The highest BCUT2D eigenvalue weighted by molar-refractivity contribution is 7.92. The molecule has 3 rings (SSSR count). The Bertz CT molecular complexity index is 1170. The van der Waals surface area contributed by atoms with Crippen LogP contribution in [-0.2, 0) is 14.8 Å². The third-order valence-electron chi connectivity index (χ3n) is 4.22. The van der Waals surface area contributed by atoms with Gasteiger partial charge >= 0.3 is 0 Å². The van der Waals surface area contributed by atoms with E-state index in [2.05, 4.69) is 10.0 Å². The lowest BCUT2D eigenvalue weighted by Gasteiger charge is -2.12. The zero-order valence-electron chi connectivity index (χ0n) is 16.6. The van der Waals surface area contributed by atoms with Crippen molar-refractivity contribution in [2.24, 2.45) is 0 Å². The number of rotatable bonds is 8. The zero-order chi connectivity index (χ0) is 22.4.